The van der Waals surface area contributed by atoms with E-state index in [0.29, 0.717) is 32.2 Å². The van der Waals surface area contributed by atoms with Gasteiger partial charge in [-0.3, -0.25) is 9.59 Å². The molecule has 7 nitrogen and oxygen atoms in total. The number of hydrogen-bond donors (Lipinski definition) is 3. The molecule has 272 valence electrons. The number of esters is 1. The summed E-state index contributed by atoms with van der Waals surface area (Å²) in [5, 5.41) is 12.1. The summed E-state index contributed by atoms with van der Waals surface area (Å²) in [5.41, 5.74) is 5.53. The Morgan fingerprint density at radius 2 is 0.957 bits per heavy atom. The third-order valence-electron chi connectivity index (χ3n) is 9.16. The molecule has 0 saturated carbocycles. The Labute approximate surface area is 284 Å². The van der Waals surface area contributed by atoms with Crippen LogP contribution >= 0.6 is 0 Å². The van der Waals surface area contributed by atoms with E-state index in [1.165, 1.54) is 128 Å². The fraction of sp³-hybridized carbons (Fsp3) is 0.923. The van der Waals surface area contributed by atoms with Gasteiger partial charge >= 0.3 is 11.9 Å². The number of carbonyl (C=O) groups excluding carboxylic acids is 2. The molecule has 0 spiro atoms. The minimum Gasteiger partial charge on any atom is -0.480 e. The Balaban J connectivity index is 4.33. The third kappa shape index (κ3) is 31.0. The van der Waals surface area contributed by atoms with E-state index >= 15 is 0 Å². The molecule has 4 N–H and O–H groups in total. The molecule has 0 rings (SSSR count). The smallest absolute Gasteiger partial charge is 0.326 e. The van der Waals surface area contributed by atoms with Gasteiger partial charge in [0.1, 0.15) is 12.1 Å². The minimum atomic E-state index is -1.06. The van der Waals surface area contributed by atoms with Gasteiger partial charge in [-0.1, -0.05) is 168 Å². The highest BCUT2D eigenvalue weighted by Gasteiger charge is 2.23. The van der Waals surface area contributed by atoms with E-state index in [1.54, 1.807) is 0 Å². The highest BCUT2D eigenvalue weighted by Crippen LogP contribution is 2.17. The zero-order valence-electron chi connectivity index (χ0n) is 30.4. The minimum absolute atomic E-state index is 0.00893. The molecule has 2 unspecified atom stereocenters. The van der Waals surface area contributed by atoms with Crippen LogP contribution in [0.2, 0.25) is 0 Å². The molecule has 0 saturated heterocycles. The summed E-state index contributed by atoms with van der Waals surface area (Å²) in [6.07, 6.45) is 34.0. The lowest BCUT2D eigenvalue weighted by Gasteiger charge is -2.20. The second kappa shape index (κ2) is 34.7. The fourth-order valence-electron chi connectivity index (χ4n) is 6.16. The maximum Gasteiger partial charge on any atom is 0.326 e. The highest BCUT2D eigenvalue weighted by molar-refractivity contribution is 5.84. The Hall–Kier alpha value is -1.63. The molecule has 7 heteroatoms. The molecule has 0 aromatic heterocycles. The number of aliphatic carboxylic acids is 1. The summed E-state index contributed by atoms with van der Waals surface area (Å²) in [7, 11) is 0. The van der Waals surface area contributed by atoms with E-state index in [4.69, 9.17) is 10.5 Å². The van der Waals surface area contributed by atoms with Crippen molar-refractivity contribution in [3.8, 4) is 0 Å². The van der Waals surface area contributed by atoms with Crippen LogP contribution in [0.4, 0.5) is 0 Å². The first kappa shape index (κ1) is 44.4. The van der Waals surface area contributed by atoms with E-state index < -0.39 is 18.1 Å². The topological polar surface area (TPSA) is 119 Å². The second-order valence-corrected chi connectivity index (χ2v) is 13.7. The molecule has 2 atom stereocenters. The second-order valence-electron chi connectivity index (χ2n) is 13.7. The number of nitrogens with one attached hydrogen (secondary N) is 1. The highest BCUT2D eigenvalue weighted by atomic mass is 16.5. The van der Waals surface area contributed by atoms with Gasteiger partial charge in [-0.05, 0) is 38.6 Å². The number of amides is 1. The molecule has 0 fully saturated rings. The van der Waals surface area contributed by atoms with Gasteiger partial charge in [0.05, 0.1) is 6.42 Å². The quantitative estimate of drug-likeness (QED) is 0.0458. The summed E-state index contributed by atoms with van der Waals surface area (Å²) in [6, 6.07) is -0.963. The van der Waals surface area contributed by atoms with Crippen LogP contribution in [-0.4, -0.2) is 41.6 Å². The Morgan fingerprint density at radius 1 is 0.565 bits per heavy atom. The van der Waals surface area contributed by atoms with Crippen LogP contribution in [0.1, 0.15) is 213 Å². The van der Waals surface area contributed by atoms with Gasteiger partial charge in [0.25, 0.3) is 0 Å². The summed E-state index contributed by atoms with van der Waals surface area (Å²) in [6.45, 7) is 4.89. The zero-order valence-corrected chi connectivity index (χ0v) is 30.4. The van der Waals surface area contributed by atoms with Crippen molar-refractivity contribution in [2.75, 3.05) is 6.54 Å². The molecular formula is C39H76N2O5. The van der Waals surface area contributed by atoms with Crippen LogP contribution in [-0.2, 0) is 19.1 Å². The monoisotopic (exact) mass is 653 g/mol. The molecule has 0 aliphatic rings. The van der Waals surface area contributed by atoms with Crippen molar-refractivity contribution in [2.24, 2.45) is 5.73 Å². The average Bonchev–Trinajstić information content (AvgIpc) is 3.03. The SMILES string of the molecule is CCCCCCCCCCCCCCCC(=O)OC(CCCCCCCCCCCCCCC)CC(=O)NC(CCCN)C(=O)O. The Bertz CT molecular complexity index is 702. The number of carboxylic acids is 1. The number of carbonyl (C=O) groups is 3. The first-order chi connectivity index (χ1) is 22.4. The third-order valence-corrected chi connectivity index (χ3v) is 9.16. The predicted molar refractivity (Wildman–Crippen MR) is 193 cm³/mol. The summed E-state index contributed by atoms with van der Waals surface area (Å²) < 4.78 is 5.79. The molecule has 0 aromatic rings. The lowest BCUT2D eigenvalue weighted by atomic mass is 10.0. The van der Waals surface area contributed by atoms with Crippen molar-refractivity contribution < 1.29 is 24.2 Å². The lowest BCUT2D eigenvalue weighted by molar-refractivity contribution is -0.151. The van der Waals surface area contributed by atoms with Gasteiger partial charge in [0, 0.05) is 6.42 Å². The van der Waals surface area contributed by atoms with Crippen molar-refractivity contribution in [1.82, 2.24) is 5.32 Å². The normalized spacial score (nSPS) is 12.6. The first-order valence-electron chi connectivity index (χ1n) is 19.9. The van der Waals surface area contributed by atoms with E-state index in [-0.39, 0.29) is 18.3 Å². The van der Waals surface area contributed by atoms with Crippen molar-refractivity contribution >= 4 is 17.8 Å². The summed E-state index contributed by atoms with van der Waals surface area (Å²) in [5.74, 6) is -1.68. The largest absolute Gasteiger partial charge is 0.480 e. The van der Waals surface area contributed by atoms with E-state index in [1.807, 2.05) is 0 Å². The Kier molecular flexibility index (Phi) is 33.5. The van der Waals surface area contributed by atoms with E-state index in [2.05, 4.69) is 19.2 Å². The van der Waals surface area contributed by atoms with Crippen molar-refractivity contribution in [3.05, 3.63) is 0 Å². The fourth-order valence-corrected chi connectivity index (χ4v) is 6.16. The van der Waals surface area contributed by atoms with Crippen LogP contribution in [0, 0.1) is 0 Å². The number of rotatable bonds is 36. The van der Waals surface area contributed by atoms with Crippen LogP contribution in [0.15, 0.2) is 0 Å². The van der Waals surface area contributed by atoms with Gasteiger partial charge in [0.15, 0.2) is 0 Å². The number of unbranched alkanes of at least 4 members (excludes halogenated alkanes) is 24. The maximum absolute atomic E-state index is 12.7. The van der Waals surface area contributed by atoms with Crippen LogP contribution in [0.25, 0.3) is 0 Å². The molecule has 46 heavy (non-hydrogen) atoms. The van der Waals surface area contributed by atoms with Gasteiger partial charge in [-0.25, -0.2) is 4.79 Å². The molecule has 0 radical (unpaired) electrons. The van der Waals surface area contributed by atoms with Gasteiger partial charge in [-0.2, -0.15) is 0 Å². The van der Waals surface area contributed by atoms with Gasteiger partial charge < -0.3 is 20.9 Å². The molecule has 0 aromatic carbocycles. The first-order valence-corrected chi connectivity index (χ1v) is 19.9. The van der Waals surface area contributed by atoms with Gasteiger partial charge in [-0.15, -0.1) is 0 Å². The standard InChI is InChI=1S/C39H76N2O5/c1-3-5-7-9-11-13-15-17-19-21-23-25-27-30-35(34-37(42)41-36(39(44)45)31-29-33-40)46-38(43)32-28-26-24-22-20-18-16-14-12-10-8-6-4-2/h35-36H,3-34,40H2,1-2H3,(H,41,42)(H,44,45). The number of carboxylic acid groups (broad SMARTS) is 1. The van der Waals surface area contributed by atoms with E-state index in [0.717, 1.165) is 38.5 Å². The predicted octanol–water partition coefficient (Wildman–Crippen LogP) is 10.6. The van der Waals surface area contributed by atoms with Gasteiger partial charge in [0.2, 0.25) is 5.91 Å². The number of nitrogens with two attached hydrogens (primary N) is 1. The Morgan fingerprint density at radius 3 is 1.35 bits per heavy atom. The zero-order chi connectivity index (χ0) is 33.9. The molecule has 0 heterocycles. The van der Waals surface area contributed by atoms with Crippen molar-refractivity contribution in [3.63, 3.8) is 0 Å². The lowest BCUT2D eigenvalue weighted by Crippen LogP contribution is -2.42. The molecule has 1 amide bonds. The van der Waals surface area contributed by atoms with Crippen LogP contribution in [0.5, 0.6) is 0 Å². The summed E-state index contributed by atoms with van der Waals surface area (Å²) >= 11 is 0. The summed E-state index contributed by atoms with van der Waals surface area (Å²) in [4.78, 5) is 37.0. The molecule has 0 aliphatic heterocycles. The molecule has 0 aliphatic carbocycles. The van der Waals surface area contributed by atoms with Crippen molar-refractivity contribution in [2.45, 2.75) is 225 Å². The molecule has 0 bridgehead atoms. The van der Waals surface area contributed by atoms with Crippen LogP contribution < -0.4 is 11.1 Å². The van der Waals surface area contributed by atoms with Crippen molar-refractivity contribution in [1.29, 1.82) is 0 Å². The average molecular weight is 653 g/mol. The maximum atomic E-state index is 12.7. The number of ether oxygens (including phenoxy) is 1. The number of hydrogen-bond acceptors (Lipinski definition) is 5. The van der Waals surface area contributed by atoms with Crippen LogP contribution in [0.3, 0.4) is 0 Å². The molecular weight excluding hydrogens is 576 g/mol. The van der Waals surface area contributed by atoms with E-state index in [9.17, 15) is 19.5 Å².